The highest BCUT2D eigenvalue weighted by Gasteiger charge is 2.32. The fourth-order valence-corrected chi connectivity index (χ4v) is 6.09. The minimum atomic E-state index is -0.168. The molecule has 1 saturated heterocycles. The summed E-state index contributed by atoms with van der Waals surface area (Å²) in [5.41, 5.74) is 4.74. The van der Waals surface area contributed by atoms with Crippen LogP contribution in [0.25, 0.3) is 20.4 Å². The van der Waals surface area contributed by atoms with Crippen LogP contribution in [0.15, 0.2) is 6.33 Å². The minimum Gasteiger partial charge on any atom is -0.370 e. The topological polar surface area (TPSA) is 55.6 Å². The van der Waals surface area contributed by atoms with Crippen molar-refractivity contribution in [2.24, 2.45) is 0 Å². The Hall–Kier alpha value is -1.83. The minimum absolute atomic E-state index is 0.168. The summed E-state index contributed by atoms with van der Waals surface area (Å²) in [5.74, 6) is 1.46. The van der Waals surface area contributed by atoms with Gasteiger partial charge in [-0.3, -0.25) is 0 Å². The molecule has 2 aliphatic rings. The molecule has 0 aliphatic carbocycles. The lowest BCUT2D eigenvalue weighted by molar-refractivity contribution is -0.898. The van der Waals surface area contributed by atoms with Gasteiger partial charge in [0.1, 0.15) is 11.2 Å². The van der Waals surface area contributed by atoms with Gasteiger partial charge in [0.2, 0.25) is 0 Å². The summed E-state index contributed by atoms with van der Waals surface area (Å²) >= 11 is 1.77. The van der Waals surface area contributed by atoms with Crippen molar-refractivity contribution < 1.29 is 9.64 Å². The van der Waals surface area contributed by atoms with E-state index in [2.05, 4.69) is 39.5 Å². The smallest absolute Gasteiger partial charge is 0.150 e. The van der Waals surface area contributed by atoms with Crippen LogP contribution >= 0.6 is 11.3 Å². The molecule has 7 heteroatoms. The van der Waals surface area contributed by atoms with Gasteiger partial charge in [-0.1, -0.05) is 13.8 Å². The Morgan fingerprint density at radius 3 is 2.67 bits per heavy atom. The molecule has 0 spiro atoms. The molecule has 5 heterocycles. The molecule has 5 rings (SSSR count). The van der Waals surface area contributed by atoms with Gasteiger partial charge in [-0.2, -0.15) is 0 Å². The van der Waals surface area contributed by atoms with Crippen LogP contribution in [0, 0.1) is 0 Å². The van der Waals surface area contributed by atoms with Gasteiger partial charge in [0, 0.05) is 17.4 Å². The number of ether oxygens (including phenoxy) is 1. The van der Waals surface area contributed by atoms with Crippen molar-refractivity contribution in [2.45, 2.75) is 59.2 Å². The van der Waals surface area contributed by atoms with Crippen LogP contribution < -0.4 is 9.80 Å². The van der Waals surface area contributed by atoms with Gasteiger partial charge >= 0.3 is 0 Å². The number of aromatic nitrogens is 3. The number of thiophene rings is 1. The van der Waals surface area contributed by atoms with Crippen molar-refractivity contribution in [2.75, 3.05) is 37.6 Å². The zero-order valence-electron chi connectivity index (χ0n) is 18.7. The lowest BCUT2D eigenvalue weighted by atomic mass is 9.87. The van der Waals surface area contributed by atoms with Crippen molar-refractivity contribution in [1.29, 1.82) is 0 Å². The molecule has 3 aromatic heterocycles. The number of hydrogen-bond donors (Lipinski definition) is 1. The largest absolute Gasteiger partial charge is 0.370 e. The molecule has 0 aromatic carbocycles. The monoisotopic (exact) mass is 426 g/mol. The zero-order chi connectivity index (χ0) is 21.0. The number of nitrogens with one attached hydrogen (secondary N) is 1. The third-order valence-corrected chi connectivity index (χ3v) is 7.73. The maximum Gasteiger partial charge on any atom is 0.150 e. The SMILES string of the molecule is CC[NH+]1CCN(c2ncnc3c2sc2nc(C(C)C)c4c(c23)CC(C)(C)OC4)CC1. The molecule has 0 unspecified atom stereocenters. The molecule has 0 saturated carbocycles. The summed E-state index contributed by atoms with van der Waals surface area (Å²) in [6.45, 7) is 17.4. The van der Waals surface area contributed by atoms with Crippen LogP contribution in [0.3, 0.4) is 0 Å². The molecule has 0 amide bonds. The molecule has 2 aliphatic heterocycles. The van der Waals surface area contributed by atoms with Gasteiger partial charge in [-0.25, -0.2) is 15.0 Å². The van der Waals surface area contributed by atoms with E-state index in [0.717, 1.165) is 35.7 Å². The first kappa shape index (κ1) is 20.1. The highest BCUT2D eigenvalue weighted by molar-refractivity contribution is 7.26. The summed E-state index contributed by atoms with van der Waals surface area (Å²) in [4.78, 5) is 19.9. The average molecular weight is 427 g/mol. The molecule has 1 fully saturated rings. The maximum absolute atomic E-state index is 6.18. The summed E-state index contributed by atoms with van der Waals surface area (Å²) < 4.78 is 7.37. The molecule has 0 radical (unpaired) electrons. The van der Waals surface area contributed by atoms with Gasteiger partial charge in [0.15, 0.2) is 5.82 Å². The fourth-order valence-electron chi connectivity index (χ4n) is 4.91. The van der Waals surface area contributed by atoms with Gasteiger partial charge in [-0.05, 0) is 32.3 Å². The molecule has 30 heavy (non-hydrogen) atoms. The molecule has 3 aromatic rings. The maximum atomic E-state index is 6.18. The van der Waals surface area contributed by atoms with E-state index in [1.54, 1.807) is 22.6 Å². The number of pyridine rings is 1. The Balaban J connectivity index is 1.70. The number of fused-ring (bicyclic) bond motifs is 5. The Morgan fingerprint density at radius 1 is 1.20 bits per heavy atom. The molecular formula is C23H32N5OS+. The molecular weight excluding hydrogens is 394 g/mol. The average Bonchev–Trinajstić information content (AvgIpc) is 3.11. The Morgan fingerprint density at radius 2 is 1.97 bits per heavy atom. The van der Waals surface area contributed by atoms with Crippen molar-refractivity contribution in [3.63, 3.8) is 0 Å². The van der Waals surface area contributed by atoms with E-state index >= 15 is 0 Å². The number of quaternary nitrogens is 1. The van der Waals surface area contributed by atoms with Crippen LogP contribution in [-0.2, 0) is 17.8 Å². The predicted molar refractivity (Wildman–Crippen MR) is 123 cm³/mol. The summed E-state index contributed by atoms with van der Waals surface area (Å²) in [5, 5.41) is 1.23. The number of likely N-dealkylation sites (N-methyl/N-ethyl adjacent to an activating group) is 1. The Kier molecular flexibility index (Phi) is 4.95. The summed E-state index contributed by atoms with van der Waals surface area (Å²) in [6, 6.07) is 0. The van der Waals surface area contributed by atoms with E-state index in [-0.39, 0.29) is 5.60 Å². The van der Waals surface area contributed by atoms with Crippen molar-refractivity contribution >= 4 is 37.6 Å². The first-order chi connectivity index (χ1) is 14.4. The number of hydrogen-bond acceptors (Lipinski definition) is 6. The molecule has 0 bridgehead atoms. The van der Waals surface area contributed by atoms with E-state index in [1.165, 1.54) is 46.5 Å². The first-order valence-corrected chi connectivity index (χ1v) is 12.0. The molecule has 6 nitrogen and oxygen atoms in total. The third-order valence-electron chi connectivity index (χ3n) is 6.66. The number of anilines is 1. The highest BCUT2D eigenvalue weighted by Crippen LogP contribution is 2.43. The Bertz CT molecular complexity index is 1100. The first-order valence-electron chi connectivity index (χ1n) is 11.2. The van der Waals surface area contributed by atoms with E-state index in [0.29, 0.717) is 12.5 Å². The van der Waals surface area contributed by atoms with E-state index in [9.17, 15) is 0 Å². The predicted octanol–water partition coefficient (Wildman–Crippen LogP) is 2.94. The van der Waals surface area contributed by atoms with Gasteiger partial charge in [0.25, 0.3) is 0 Å². The Labute approximate surface area is 182 Å². The van der Waals surface area contributed by atoms with Crippen LogP contribution in [0.2, 0.25) is 0 Å². The lowest BCUT2D eigenvalue weighted by Crippen LogP contribution is -3.14. The van der Waals surface area contributed by atoms with Crippen molar-refractivity contribution in [3.05, 3.63) is 23.1 Å². The van der Waals surface area contributed by atoms with E-state index < -0.39 is 0 Å². The molecule has 1 N–H and O–H groups in total. The van der Waals surface area contributed by atoms with Crippen LogP contribution in [0.5, 0.6) is 0 Å². The van der Waals surface area contributed by atoms with Gasteiger partial charge < -0.3 is 14.5 Å². The number of nitrogens with zero attached hydrogens (tertiary/aromatic N) is 4. The molecule has 160 valence electrons. The normalized spacial score (nSPS) is 19.7. The van der Waals surface area contributed by atoms with Crippen molar-refractivity contribution in [3.8, 4) is 0 Å². The van der Waals surface area contributed by atoms with E-state index in [4.69, 9.17) is 19.7 Å². The van der Waals surface area contributed by atoms with Crippen molar-refractivity contribution in [1.82, 2.24) is 15.0 Å². The molecule has 0 atom stereocenters. The summed E-state index contributed by atoms with van der Waals surface area (Å²) in [6.07, 6.45) is 2.64. The quantitative estimate of drug-likeness (QED) is 0.698. The van der Waals surface area contributed by atoms with E-state index in [1.807, 2.05) is 0 Å². The second-order valence-corrected chi connectivity index (χ2v) is 10.6. The number of piperazine rings is 1. The third kappa shape index (κ3) is 3.27. The second-order valence-electron chi connectivity index (χ2n) is 9.58. The van der Waals surface area contributed by atoms with Crippen LogP contribution in [-0.4, -0.2) is 53.3 Å². The fraction of sp³-hybridized carbons (Fsp3) is 0.609. The zero-order valence-corrected chi connectivity index (χ0v) is 19.5. The summed E-state index contributed by atoms with van der Waals surface area (Å²) in [7, 11) is 0. The standard InChI is InChI=1S/C23H31N5OS/c1-6-27-7-9-28(10-8-27)21-20-19(24-13-25-21)17-15-11-23(4,5)29-12-16(15)18(14(2)3)26-22(17)30-20/h13-14H,6-12H2,1-5H3/p+1. The van der Waals surface area contributed by atoms with Gasteiger partial charge in [-0.15, -0.1) is 11.3 Å². The lowest BCUT2D eigenvalue weighted by Gasteiger charge is -2.33. The van der Waals surface area contributed by atoms with Crippen LogP contribution in [0.1, 0.15) is 57.4 Å². The highest BCUT2D eigenvalue weighted by atomic mass is 32.1. The number of rotatable bonds is 3. The van der Waals surface area contributed by atoms with Crippen LogP contribution in [0.4, 0.5) is 5.82 Å². The van der Waals surface area contributed by atoms with Gasteiger partial charge in [0.05, 0.1) is 60.8 Å². The second kappa shape index (κ2) is 7.39.